The number of carbonyl (C=O) groups excluding carboxylic acids is 1. The maximum absolute atomic E-state index is 12.3. The van der Waals surface area contributed by atoms with Gasteiger partial charge in [-0.05, 0) is 43.3 Å². The summed E-state index contributed by atoms with van der Waals surface area (Å²) in [5.41, 5.74) is 6.55. The predicted octanol–water partition coefficient (Wildman–Crippen LogP) is 2.02. The average molecular weight is 430 g/mol. The van der Waals surface area contributed by atoms with Gasteiger partial charge in [0, 0.05) is 11.9 Å². The number of nitrogens with one attached hydrogen (secondary N) is 1. The molecule has 0 aliphatic carbocycles. The van der Waals surface area contributed by atoms with Crippen LogP contribution in [0.2, 0.25) is 0 Å². The van der Waals surface area contributed by atoms with E-state index in [0.717, 1.165) is 5.39 Å². The van der Waals surface area contributed by atoms with E-state index in [1.165, 1.54) is 12.1 Å². The molecule has 0 unspecified atom stereocenters. The molecule has 0 aliphatic rings. The summed E-state index contributed by atoms with van der Waals surface area (Å²) in [5.74, 6) is 0.570. The van der Waals surface area contributed by atoms with E-state index in [1.54, 1.807) is 24.3 Å². The Morgan fingerprint density at radius 3 is 2.57 bits per heavy atom. The van der Waals surface area contributed by atoms with E-state index in [9.17, 15) is 13.2 Å². The van der Waals surface area contributed by atoms with E-state index >= 15 is 0 Å². The van der Waals surface area contributed by atoms with Crippen molar-refractivity contribution in [2.24, 2.45) is 0 Å². The maximum atomic E-state index is 12.3. The summed E-state index contributed by atoms with van der Waals surface area (Å²) in [6.45, 7) is 2.07. The lowest BCUT2D eigenvalue weighted by Crippen LogP contribution is -2.26. The molecule has 3 rings (SSSR count). The number of esters is 1. The fourth-order valence-corrected chi connectivity index (χ4v) is 3.72. The molecule has 0 fully saturated rings. The highest BCUT2D eigenvalue weighted by Gasteiger charge is 2.15. The minimum atomic E-state index is -3.74. The van der Waals surface area contributed by atoms with Gasteiger partial charge in [-0.2, -0.15) is 0 Å². The molecule has 9 nitrogen and oxygen atoms in total. The number of rotatable bonds is 9. The number of anilines is 1. The molecule has 0 saturated carbocycles. The largest absolute Gasteiger partial charge is 0.494 e. The van der Waals surface area contributed by atoms with Gasteiger partial charge < -0.3 is 15.2 Å². The topological polar surface area (TPSA) is 134 Å². The summed E-state index contributed by atoms with van der Waals surface area (Å²) in [7, 11) is -3.74. The van der Waals surface area contributed by atoms with Crippen LogP contribution in [0, 0.1) is 0 Å². The lowest BCUT2D eigenvalue weighted by atomic mass is 10.2. The third-order valence-electron chi connectivity index (χ3n) is 4.11. The number of aromatic nitrogens is 2. The van der Waals surface area contributed by atoms with Crippen molar-refractivity contribution in [2.45, 2.75) is 24.8 Å². The van der Waals surface area contributed by atoms with E-state index in [1.807, 2.05) is 19.1 Å². The fourth-order valence-electron chi connectivity index (χ4n) is 2.69. The fraction of sp³-hybridized carbons (Fsp3) is 0.250. The second kappa shape index (κ2) is 9.51. The Balaban J connectivity index is 1.50. The van der Waals surface area contributed by atoms with Crippen molar-refractivity contribution in [3.05, 3.63) is 54.4 Å². The first kappa shape index (κ1) is 21.5. The number of fused-ring (bicyclic) bond motifs is 1. The first-order valence-electron chi connectivity index (χ1n) is 9.28. The number of nitrogens with zero attached hydrogens (tertiary/aromatic N) is 2. The quantitative estimate of drug-likeness (QED) is 0.493. The number of sulfonamides is 1. The highest BCUT2D eigenvalue weighted by molar-refractivity contribution is 7.89. The molecular weight excluding hydrogens is 408 g/mol. The standard InChI is InChI=1S/C20H22N4O5S/c1-2-28-14-7-9-15(10-8-14)30(26,27)22-12-11-19(25)29-13-18-23-17-6-4-3-5-16(17)20(21)24-18/h3-10,22H,2,11-13H2,1H3,(H2,21,23,24). The highest BCUT2D eigenvalue weighted by Crippen LogP contribution is 2.18. The van der Waals surface area contributed by atoms with Crippen molar-refractivity contribution in [1.82, 2.24) is 14.7 Å². The van der Waals surface area contributed by atoms with E-state index in [4.69, 9.17) is 15.2 Å². The van der Waals surface area contributed by atoms with E-state index in [2.05, 4.69) is 14.7 Å². The SMILES string of the molecule is CCOc1ccc(S(=O)(=O)NCCC(=O)OCc2nc(N)c3ccccc3n2)cc1. The van der Waals surface area contributed by atoms with Gasteiger partial charge in [0.15, 0.2) is 12.4 Å². The zero-order valence-corrected chi connectivity index (χ0v) is 17.2. The number of hydrogen-bond acceptors (Lipinski definition) is 8. The third kappa shape index (κ3) is 5.43. The second-order valence-corrected chi connectivity index (χ2v) is 8.02. The van der Waals surface area contributed by atoms with Crippen molar-refractivity contribution in [3.63, 3.8) is 0 Å². The van der Waals surface area contributed by atoms with Crippen LogP contribution in [-0.2, 0) is 26.2 Å². The van der Waals surface area contributed by atoms with Crippen LogP contribution < -0.4 is 15.2 Å². The lowest BCUT2D eigenvalue weighted by molar-refractivity contribution is -0.145. The lowest BCUT2D eigenvalue weighted by Gasteiger charge is -2.09. The Hall–Kier alpha value is -3.24. The molecule has 3 aromatic rings. The van der Waals surface area contributed by atoms with Crippen molar-refractivity contribution in [2.75, 3.05) is 18.9 Å². The first-order valence-corrected chi connectivity index (χ1v) is 10.8. The first-order chi connectivity index (χ1) is 14.4. The number of nitrogens with two attached hydrogens (primary N) is 1. The van der Waals surface area contributed by atoms with E-state index in [-0.39, 0.29) is 30.3 Å². The average Bonchev–Trinajstić information content (AvgIpc) is 2.73. The zero-order valence-electron chi connectivity index (χ0n) is 16.4. The van der Waals surface area contributed by atoms with Crippen molar-refractivity contribution in [1.29, 1.82) is 0 Å². The molecule has 3 N–H and O–H groups in total. The number of nitrogen functional groups attached to an aromatic ring is 1. The molecule has 0 radical (unpaired) electrons. The van der Waals surface area contributed by atoms with E-state index < -0.39 is 16.0 Å². The van der Waals surface area contributed by atoms with Crippen molar-refractivity contribution in [3.8, 4) is 5.75 Å². The van der Waals surface area contributed by atoms with Crippen LogP contribution in [0.25, 0.3) is 10.9 Å². The predicted molar refractivity (Wildman–Crippen MR) is 111 cm³/mol. The Morgan fingerprint density at radius 1 is 1.10 bits per heavy atom. The Bertz CT molecular complexity index is 1130. The Morgan fingerprint density at radius 2 is 1.83 bits per heavy atom. The monoisotopic (exact) mass is 430 g/mol. The summed E-state index contributed by atoms with van der Waals surface area (Å²) in [6, 6.07) is 13.3. The minimum absolute atomic E-state index is 0.0827. The van der Waals surface area contributed by atoms with Crippen molar-refractivity contribution >= 4 is 32.7 Å². The minimum Gasteiger partial charge on any atom is -0.494 e. The van der Waals surface area contributed by atoms with Gasteiger partial charge >= 0.3 is 5.97 Å². The number of carbonyl (C=O) groups is 1. The number of ether oxygens (including phenoxy) is 2. The number of para-hydroxylation sites is 1. The van der Waals surface area contributed by atoms with Crippen LogP contribution in [0.5, 0.6) is 5.75 Å². The molecule has 0 bridgehead atoms. The van der Waals surface area contributed by atoms with Gasteiger partial charge in [-0.1, -0.05) is 12.1 Å². The summed E-state index contributed by atoms with van der Waals surface area (Å²) in [5, 5.41) is 0.719. The number of benzene rings is 2. The maximum Gasteiger partial charge on any atom is 0.307 e. The van der Waals surface area contributed by atoms with Crippen LogP contribution in [0.15, 0.2) is 53.4 Å². The smallest absolute Gasteiger partial charge is 0.307 e. The Labute approximate surface area is 174 Å². The van der Waals surface area contributed by atoms with Gasteiger partial charge in [0.05, 0.1) is 23.4 Å². The molecule has 10 heteroatoms. The van der Waals surface area contributed by atoms with Gasteiger partial charge in [0.2, 0.25) is 10.0 Å². The highest BCUT2D eigenvalue weighted by atomic mass is 32.2. The molecule has 1 aromatic heterocycles. The molecule has 0 aliphatic heterocycles. The van der Waals surface area contributed by atoms with Crippen molar-refractivity contribution < 1.29 is 22.7 Å². The van der Waals surface area contributed by atoms with Crippen LogP contribution >= 0.6 is 0 Å². The van der Waals surface area contributed by atoms with Gasteiger partial charge in [0.1, 0.15) is 11.6 Å². The van der Waals surface area contributed by atoms with Gasteiger partial charge in [-0.15, -0.1) is 0 Å². The molecule has 0 atom stereocenters. The van der Waals surface area contributed by atoms with E-state index in [0.29, 0.717) is 23.7 Å². The second-order valence-electron chi connectivity index (χ2n) is 6.26. The summed E-state index contributed by atoms with van der Waals surface area (Å²) < 4.78 is 37.4. The van der Waals surface area contributed by atoms with Gasteiger partial charge in [-0.25, -0.2) is 23.1 Å². The van der Waals surface area contributed by atoms with Crippen LogP contribution in [0.1, 0.15) is 19.2 Å². The van der Waals surface area contributed by atoms with Gasteiger partial charge in [0.25, 0.3) is 0 Å². The van der Waals surface area contributed by atoms with Crippen LogP contribution in [-0.4, -0.2) is 37.5 Å². The summed E-state index contributed by atoms with van der Waals surface area (Å²) in [4.78, 5) is 20.4. The number of hydrogen-bond donors (Lipinski definition) is 2. The van der Waals surface area contributed by atoms with Crippen LogP contribution in [0.4, 0.5) is 5.82 Å². The normalized spacial score (nSPS) is 11.4. The Kier molecular flexibility index (Phi) is 6.80. The molecule has 1 heterocycles. The molecule has 2 aromatic carbocycles. The molecule has 30 heavy (non-hydrogen) atoms. The summed E-state index contributed by atoms with van der Waals surface area (Å²) >= 11 is 0. The van der Waals surface area contributed by atoms with Gasteiger partial charge in [-0.3, -0.25) is 4.79 Å². The molecule has 0 saturated heterocycles. The summed E-state index contributed by atoms with van der Waals surface area (Å²) in [6.07, 6.45) is -0.140. The molecule has 0 amide bonds. The molecular formula is C20H22N4O5S. The van der Waals surface area contributed by atoms with Crippen LogP contribution in [0.3, 0.4) is 0 Å². The molecule has 158 valence electrons. The third-order valence-corrected chi connectivity index (χ3v) is 5.58. The zero-order chi connectivity index (χ0) is 21.6. The molecule has 0 spiro atoms.